The fourth-order valence-corrected chi connectivity index (χ4v) is 4.94. The second-order valence-corrected chi connectivity index (χ2v) is 14.7. The average Bonchev–Trinajstić information content (AvgIpc) is 3.03. The van der Waals surface area contributed by atoms with Crippen molar-refractivity contribution < 1.29 is 18.3 Å². The number of phenols is 1. The van der Waals surface area contributed by atoms with Crippen molar-refractivity contribution in [3.63, 3.8) is 0 Å². The Kier molecular flexibility index (Phi) is 7.12. The number of hydrogen-bond acceptors (Lipinski definition) is 7. The molecule has 0 aliphatic rings. The summed E-state index contributed by atoms with van der Waals surface area (Å²) in [6.45, 7) is 4.29. The molecule has 27 heavy (non-hydrogen) atoms. The lowest BCUT2D eigenvalue weighted by Crippen LogP contribution is -2.33. The van der Waals surface area contributed by atoms with Gasteiger partial charge in [-0.25, -0.2) is 22.8 Å². The standard InChI is InChI=1S/C17H27N3O4S3/c1-13(2)16-18-19-17(25-16)20(12-24-10-11-26(3,4)5)27(22,23)15-8-6-14(21)7-9-15/h6-9,13,21H,10-12H2,1-5H3. The Bertz CT molecular complexity index is 843. The fraction of sp³-hybridized carbons (Fsp3) is 0.529. The largest absolute Gasteiger partial charge is 0.508 e. The number of anilines is 1. The monoisotopic (exact) mass is 433 g/mol. The van der Waals surface area contributed by atoms with Gasteiger partial charge in [0.1, 0.15) is 17.5 Å². The lowest BCUT2D eigenvalue weighted by Gasteiger charge is -2.26. The van der Waals surface area contributed by atoms with E-state index in [0.717, 1.165) is 15.1 Å². The second kappa shape index (κ2) is 8.76. The third kappa shape index (κ3) is 6.06. The molecular formula is C17H27N3O4S3. The Balaban J connectivity index is 2.29. The number of hydrogen-bond donors (Lipinski definition) is 1. The predicted molar refractivity (Wildman–Crippen MR) is 113 cm³/mol. The molecule has 152 valence electrons. The van der Waals surface area contributed by atoms with Crippen LogP contribution in [0.4, 0.5) is 5.13 Å². The van der Waals surface area contributed by atoms with Crippen LogP contribution in [-0.4, -0.2) is 61.6 Å². The van der Waals surface area contributed by atoms with E-state index in [1.807, 2.05) is 13.8 Å². The summed E-state index contributed by atoms with van der Waals surface area (Å²) >= 11 is 1.24. The summed E-state index contributed by atoms with van der Waals surface area (Å²) in [6, 6.07) is 5.41. The molecule has 0 atom stereocenters. The molecule has 1 aromatic carbocycles. The zero-order valence-corrected chi connectivity index (χ0v) is 18.7. The Morgan fingerprint density at radius 3 is 2.30 bits per heavy atom. The highest BCUT2D eigenvalue weighted by molar-refractivity contribution is 8.32. The average molecular weight is 434 g/mol. The summed E-state index contributed by atoms with van der Waals surface area (Å²) in [5, 5.41) is 18.6. The molecule has 0 unspecified atom stereocenters. The molecule has 10 heteroatoms. The summed E-state index contributed by atoms with van der Waals surface area (Å²) < 4.78 is 33.1. The van der Waals surface area contributed by atoms with Gasteiger partial charge in [0.25, 0.3) is 10.0 Å². The van der Waals surface area contributed by atoms with Gasteiger partial charge in [-0.05, 0) is 43.0 Å². The van der Waals surface area contributed by atoms with E-state index in [1.54, 1.807) is 0 Å². The first kappa shape index (κ1) is 21.9. The molecule has 1 aromatic heterocycles. The number of aromatic nitrogens is 2. The van der Waals surface area contributed by atoms with E-state index in [9.17, 15) is 13.5 Å². The van der Waals surface area contributed by atoms with Crippen LogP contribution in [0, 0.1) is 0 Å². The van der Waals surface area contributed by atoms with Crippen LogP contribution in [0.1, 0.15) is 24.8 Å². The van der Waals surface area contributed by atoms with Crippen molar-refractivity contribution in [2.24, 2.45) is 0 Å². The van der Waals surface area contributed by atoms with Crippen LogP contribution in [-0.2, 0) is 14.8 Å². The first-order chi connectivity index (χ1) is 12.5. The molecule has 0 saturated heterocycles. The van der Waals surface area contributed by atoms with Gasteiger partial charge < -0.3 is 9.84 Å². The Morgan fingerprint density at radius 2 is 1.78 bits per heavy atom. The quantitative estimate of drug-likeness (QED) is 0.482. The maximum Gasteiger partial charge on any atom is 0.268 e. The van der Waals surface area contributed by atoms with Gasteiger partial charge in [-0.2, -0.15) is 0 Å². The second-order valence-electron chi connectivity index (χ2n) is 7.26. The Hall–Kier alpha value is -1.36. The molecule has 0 bridgehead atoms. The zero-order valence-electron chi connectivity index (χ0n) is 16.2. The Morgan fingerprint density at radius 1 is 1.15 bits per heavy atom. The molecule has 1 heterocycles. The van der Waals surface area contributed by atoms with Gasteiger partial charge in [0, 0.05) is 11.7 Å². The Labute approximate surface area is 166 Å². The van der Waals surface area contributed by atoms with E-state index < -0.39 is 20.1 Å². The number of ether oxygens (including phenoxy) is 1. The van der Waals surface area contributed by atoms with Crippen molar-refractivity contribution in [2.45, 2.75) is 24.7 Å². The van der Waals surface area contributed by atoms with Crippen LogP contribution in [0.5, 0.6) is 5.75 Å². The molecular weight excluding hydrogens is 406 g/mol. The van der Waals surface area contributed by atoms with Crippen LogP contribution in [0.15, 0.2) is 29.2 Å². The zero-order chi connectivity index (χ0) is 20.2. The lowest BCUT2D eigenvalue weighted by atomic mass is 10.2. The molecule has 1 N–H and O–H groups in total. The molecule has 0 saturated carbocycles. The van der Waals surface area contributed by atoms with Crippen molar-refractivity contribution in [3.05, 3.63) is 29.3 Å². The summed E-state index contributed by atoms with van der Waals surface area (Å²) in [5.41, 5.74) is 0. The smallest absolute Gasteiger partial charge is 0.268 e. The normalized spacial score (nSPS) is 13.1. The highest BCUT2D eigenvalue weighted by atomic mass is 32.3. The molecule has 0 amide bonds. The van der Waals surface area contributed by atoms with E-state index in [0.29, 0.717) is 6.61 Å². The van der Waals surface area contributed by atoms with Crippen LogP contribution < -0.4 is 4.31 Å². The lowest BCUT2D eigenvalue weighted by molar-refractivity contribution is 0.159. The minimum atomic E-state index is -3.89. The van der Waals surface area contributed by atoms with Crippen LogP contribution in [0.2, 0.25) is 0 Å². The minimum Gasteiger partial charge on any atom is -0.508 e. The van der Waals surface area contributed by atoms with Gasteiger partial charge >= 0.3 is 0 Å². The topological polar surface area (TPSA) is 92.6 Å². The molecule has 0 spiro atoms. The number of benzene rings is 1. The molecule has 7 nitrogen and oxygen atoms in total. The fourth-order valence-electron chi connectivity index (χ4n) is 1.99. The van der Waals surface area contributed by atoms with Gasteiger partial charge in [-0.1, -0.05) is 25.2 Å². The first-order valence-electron chi connectivity index (χ1n) is 8.39. The van der Waals surface area contributed by atoms with Gasteiger partial charge in [0.15, 0.2) is 0 Å². The van der Waals surface area contributed by atoms with Crippen LogP contribution >= 0.6 is 21.4 Å². The number of aromatic hydroxyl groups is 1. The van der Waals surface area contributed by atoms with Crippen LogP contribution in [0.3, 0.4) is 0 Å². The van der Waals surface area contributed by atoms with E-state index in [4.69, 9.17) is 4.74 Å². The van der Waals surface area contributed by atoms with E-state index in [1.165, 1.54) is 35.6 Å². The SMILES string of the molecule is CC(C)c1nnc(N(COCCS(C)(C)C)S(=O)(=O)c2ccc(O)cc2)s1. The molecule has 0 fully saturated rings. The summed E-state index contributed by atoms with van der Waals surface area (Å²) in [7, 11) is -4.62. The third-order valence-corrected chi connectivity index (χ3v) is 8.09. The molecule has 2 rings (SSSR count). The summed E-state index contributed by atoms with van der Waals surface area (Å²) in [6.07, 6.45) is 6.54. The van der Waals surface area contributed by atoms with Crippen molar-refractivity contribution in [1.29, 1.82) is 0 Å². The number of phenolic OH excluding ortho intramolecular Hbond substituents is 1. The van der Waals surface area contributed by atoms with E-state index in [-0.39, 0.29) is 28.4 Å². The van der Waals surface area contributed by atoms with Gasteiger partial charge in [0.05, 0.1) is 11.5 Å². The van der Waals surface area contributed by atoms with Gasteiger partial charge in [-0.15, -0.1) is 10.2 Å². The van der Waals surface area contributed by atoms with Crippen LogP contribution in [0.25, 0.3) is 0 Å². The van der Waals surface area contributed by atoms with E-state index >= 15 is 0 Å². The highest BCUT2D eigenvalue weighted by Gasteiger charge is 2.28. The molecule has 0 aliphatic carbocycles. The number of rotatable bonds is 9. The molecule has 2 aromatic rings. The van der Waals surface area contributed by atoms with Gasteiger partial charge in [-0.3, -0.25) is 0 Å². The summed E-state index contributed by atoms with van der Waals surface area (Å²) in [5.74, 6) is 1.04. The summed E-state index contributed by atoms with van der Waals surface area (Å²) in [4.78, 5) is 0.0617. The van der Waals surface area contributed by atoms with Crippen molar-refractivity contribution in [2.75, 3.05) is 42.2 Å². The first-order valence-corrected chi connectivity index (χ1v) is 13.7. The van der Waals surface area contributed by atoms with Crippen molar-refractivity contribution >= 4 is 36.5 Å². The maximum atomic E-state index is 13.1. The highest BCUT2D eigenvalue weighted by Crippen LogP contribution is 2.34. The predicted octanol–water partition coefficient (Wildman–Crippen LogP) is 3.23. The number of nitrogens with zero attached hydrogens (tertiary/aromatic N) is 3. The molecule has 0 radical (unpaired) electrons. The number of sulfonamides is 1. The van der Waals surface area contributed by atoms with Gasteiger partial charge in [0.2, 0.25) is 5.13 Å². The molecule has 0 aliphatic heterocycles. The minimum absolute atomic E-state index is 0.00270. The third-order valence-electron chi connectivity index (χ3n) is 3.61. The van der Waals surface area contributed by atoms with E-state index in [2.05, 4.69) is 29.0 Å². The maximum absolute atomic E-state index is 13.1. The van der Waals surface area contributed by atoms with Crippen molar-refractivity contribution in [1.82, 2.24) is 10.2 Å². The van der Waals surface area contributed by atoms with Crippen molar-refractivity contribution in [3.8, 4) is 5.75 Å².